The quantitative estimate of drug-likeness (QED) is 0.602. The lowest BCUT2D eigenvalue weighted by molar-refractivity contribution is 1.15. The molecule has 3 aromatic rings. The normalized spacial score (nSPS) is 10.4. The first-order chi connectivity index (χ1) is 11.1. The maximum Gasteiger partial charge on any atom is 0.229 e. The number of benzene rings is 2. The molecule has 116 valence electrons. The van der Waals surface area contributed by atoms with Crippen molar-refractivity contribution in [1.82, 2.24) is 9.97 Å². The second-order valence-electron chi connectivity index (χ2n) is 4.97. The third-order valence-electron chi connectivity index (χ3n) is 3.22. The van der Waals surface area contributed by atoms with E-state index < -0.39 is 0 Å². The molecule has 6 heteroatoms. The van der Waals surface area contributed by atoms with Gasteiger partial charge in [-0.2, -0.15) is 4.98 Å². The maximum absolute atomic E-state index is 6.01. The number of para-hydroxylation sites is 1. The standard InChI is InChI=1S/C17H14BrClN4/c1-11-5-2-3-8-15(11)22-17-20-10-14(18)16(23-17)21-13-7-4-6-12(19)9-13/h2-10H,1H3,(H2,20,21,22,23). The molecule has 0 saturated carbocycles. The molecule has 0 aliphatic rings. The van der Waals surface area contributed by atoms with E-state index in [4.69, 9.17) is 11.6 Å². The van der Waals surface area contributed by atoms with E-state index in [0.29, 0.717) is 16.8 Å². The largest absolute Gasteiger partial charge is 0.339 e. The highest BCUT2D eigenvalue weighted by Crippen LogP contribution is 2.27. The minimum atomic E-state index is 0.520. The van der Waals surface area contributed by atoms with E-state index in [2.05, 4.69) is 36.5 Å². The Balaban J connectivity index is 1.86. The highest BCUT2D eigenvalue weighted by molar-refractivity contribution is 9.10. The van der Waals surface area contributed by atoms with Gasteiger partial charge in [0.25, 0.3) is 0 Å². The second kappa shape index (κ2) is 6.98. The highest BCUT2D eigenvalue weighted by atomic mass is 79.9. The van der Waals surface area contributed by atoms with Crippen molar-refractivity contribution in [2.75, 3.05) is 10.6 Å². The topological polar surface area (TPSA) is 49.8 Å². The molecule has 2 aromatic carbocycles. The number of hydrogen-bond acceptors (Lipinski definition) is 4. The van der Waals surface area contributed by atoms with Crippen LogP contribution in [-0.4, -0.2) is 9.97 Å². The van der Waals surface area contributed by atoms with Gasteiger partial charge in [-0.05, 0) is 52.7 Å². The van der Waals surface area contributed by atoms with Crippen LogP contribution in [0, 0.1) is 6.92 Å². The van der Waals surface area contributed by atoms with E-state index >= 15 is 0 Å². The van der Waals surface area contributed by atoms with Gasteiger partial charge < -0.3 is 10.6 Å². The number of aryl methyl sites for hydroxylation is 1. The van der Waals surface area contributed by atoms with Crippen LogP contribution in [0.3, 0.4) is 0 Å². The van der Waals surface area contributed by atoms with Gasteiger partial charge >= 0.3 is 0 Å². The maximum atomic E-state index is 6.01. The lowest BCUT2D eigenvalue weighted by Crippen LogP contribution is -2.02. The molecule has 4 nitrogen and oxygen atoms in total. The molecule has 0 spiro atoms. The number of rotatable bonds is 4. The molecular weight excluding hydrogens is 376 g/mol. The Bertz CT molecular complexity index is 838. The predicted octanol–water partition coefficient (Wildman–Crippen LogP) is 5.69. The van der Waals surface area contributed by atoms with Crippen LogP contribution in [0.1, 0.15) is 5.56 Å². The summed E-state index contributed by atoms with van der Waals surface area (Å²) in [6, 6.07) is 15.5. The zero-order valence-corrected chi connectivity index (χ0v) is 14.7. The van der Waals surface area contributed by atoms with Crippen molar-refractivity contribution in [3.63, 3.8) is 0 Å². The Kier molecular flexibility index (Phi) is 4.79. The molecular formula is C17H14BrClN4. The van der Waals surface area contributed by atoms with Gasteiger partial charge in [-0.15, -0.1) is 0 Å². The van der Waals surface area contributed by atoms with Crippen LogP contribution in [0.4, 0.5) is 23.1 Å². The van der Waals surface area contributed by atoms with Crippen LogP contribution in [-0.2, 0) is 0 Å². The average molecular weight is 390 g/mol. The Labute approximate surface area is 148 Å². The second-order valence-corrected chi connectivity index (χ2v) is 6.26. The van der Waals surface area contributed by atoms with Crippen LogP contribution in [0.25, 0.3) is 0 Å². The first-order valence-electron chi connectivity index (χ1n) is 6.99. The molecule has 2 N–H and O–H groups in total. The summed E-state index contributed by atoms with van der Waals surface area (Å²) in [4.78, 5) is 8.81. The van der Waals surface area contributed by atoms with Crippen molar-refractivity contribution in [1.29, 1.82) is 0 Å². The van der Waals surface area contributed by atoms with Crippen LogP contribution in [0.15, 0.2) is 59.2 Å². The molecule has 0 aliphatic carbocycles. The number of halogens is 2. The summed E-state index contributed by atoms with van der Waals surface area (Å²) in [7, 11) is 0. The lowest BCUT2D eigenvalue weighted by atomic mass is 10.2. The predicted molar refractivity (Wildman–Crippen MR) is 98.9 cm³/mol. The minimum Gasteiger partial charge on any atom is -0.339 e. The van der Waals surface area contributed by atoms with E-state index in [1.165, 1.54) is 0 Å². The first kappa shape index (κ1) is 15.8. The monoisotopic (exact) mass is 388 g/mol. The van der Waals surface area contributed by atoms with Gasteiger partial charge in [0.05, 0.1) is 4.47 Å². The van der Waals surface area contributed by atoms with Crippen molar-refractivity contribution in [3.05, 3.63) is 69.8 Å². The SMILES string of the molecule is Cc1ccccc1Nc1ncc(Br)c(Nc2cccc(Cl)c2)n1. The minimum absolute atomic E-state index is 0.520. The van der Waals surface area contributed by atoms with Gasteiger partial charge in [-0.1, -0.05) is 35.9 Å². The fourth-order valence-corrected chi connectivity index (χ4v) is 2.53. The molecule has 0 aliphatic heterocycles. The van der Waals surface area contributed by atoms with Gasteiger partial charge in [-0.3, -0.25) is 0 Å². The van der Waals surface area contributed by atoms with Crippen LogP contribution < -0.4 is 10.6 Å². The zero-order valence-electron chi connectivity index (χ0n) is 12.3. The van der Waals surface area contributed by atoms with Gasteiger partial charge in [0.2, 0.25) is 5.95 Å². The molecule has 0 saturated heterocycles. The van der Waals surface area contributed by atoms with E-state index in [0.717, 1.165) is 21.4 Å². The van der Waals surface area contributed by atoms with E-state index in [1.807, 2.05) is 55.5 Å². The lowest BCUT2D eigenvalue weighted by Gasteiger charge is -2.11. The summed E-state index contributed by atoms with van der Waals surface area (Å²) in [5.74, 6) is 1.19. The summed E-state index contributed by atoms with van der Waals surface area (Å²) in [6.07, 6.45) is 1.71. The zero-order chi connectivity index (χ0) is 16.2. The molecule has 0 atom stereocenters. The van der Waals surface area contributed by atoms with Gasteiger partial charge in [0.1, 0.15) is 5.82 Å². The van der Waals surface area contributed by atoms with Crippen molar-refractivity contribution in [2.24, 2.45) is 0 Å². The van der Waals surface area contributed by atoms with Crippen molar-refractivity contribution >= 4 is 50.7 Å². The first-order valence-corrected chi connectivity index (χ1v) is 8.17. The Morgan fingerprint density at radius 3 is 2.65 bits per heavy atom. The number of aromatic nitrogens is 2. The molecule has 0 amide bonds. The number of anilines is 4. The smallest absolute Gasteiger partial charge is 0.229 e. The van der Waals surface area contributed by atoms with Crippen molar-refractivity contribution < 1.29 is 0 Å². The van der Waals surface area contributed by atoms with E-state index in [-0.39, 0.29) is 0 Å². The van der Waals surface area contributed by atoms with Crippen LogP contribution in [0.2, 0.25) is 5.02 Å². The molecule has 0 fully saturated rings. The third kappa shape index (κ3) is 4.00. The molecule has 0 bridgehead atoms. The molecule has 1 heterocycles. The summed E-state index contributed by atoms with van der Waals surface area (Å²) >= 11 is 9.47. The fraction of sp³-hybridized carbons (Fsp3) is 0.0588. The van der Waals surface area contributed by atoms with E-state index in [9.17, 15) is 0 Å². The van der Waals surface area contributed by atoms with Gasteiger partial charge in [0.15, 0.2) is 0 Å². The number of nitrogens with zero attached hydrogens (tertiary/aromatic N) is 2. The van der Waals surface area contributed by atoms with Gasteiger partial charge in [-0.25, -0.2) is 4.98 Å². The molecule has 0 radical (unpaired) electrons. The molecule has 0 unspecified atom stereocenters. The summed E-state index contributed by atoms with van der Waals surface area (Å²) < 4.78 is 0.771. The number of nitrogens with one attached hydrogen (secondary N) is 2. The molecule has 3 rings (SSSR count). The molecule has 23 heavy (non-hydrogen) atoms. The van der Waals surface area contributed by atoms with Gasteiger partial charge in [0, 0.05) is 22.6 Å². The third-order valence-corrected chi connectivity index (χ3v) is 4.04. The number of hydrogen-bond donors (Lipinski definition) is 2. The Morgan fingerprint density at radius 2 is 1.87 bits per heavy atom. The fourth-order valence-electron chi connectivity index (χ4n) is 2.05. The highest BCUT2D eigenvalue weighted by Gasteiger charge is 2.07. The summed E-state index contributed by atoms with van der Waals surface area (Å²) in [5.41, 5.74) is 2.96. The van der Waals surface area contributed by atoms with Crippen molar-refractivity contribution in [3.8, 4) is 0 Å². The molecule has 1 aromatic heterocycles. The summed E-state index contributed by atoms with van der Waals surface area (Å²) in [6.45, 7) is 2.03. The van der Waals surface area contributed by atoms with Crippen LogP contribution >= 0.6 is 27.5 Å². The van der Waals surface area contributed by atoms with Crippen LogP contribution in [0.5, 0.6) is 0 Å². The van der Waals surface area contributed by atoms with Crippen molar-refractivity contribution in [2.45, 2.75) is 6.92 Å². The Hall–Kier alpha value is -2.11. The Morgan fingerprint density at radius 1 is 1.04 bits per heavy atom. The summed E-state index contributed by atoms with van der Waals surface area (Å²) in [5, 5.41) is 7.12. The van der Waals surface area contributed by atoms with E-state index in [1.54, 1.807) is 6.20 Å². The average Bonchev–Trinajstić information content (AvgIpc) is 2.53.